The first-order valence-corrected chi connectivity index (χ1v) is 10.9. The summed E-state index contributed by atoms with van der Waals surface area (Å²) in [4.78, 5) is 14.7. The molecule has 0 spiro atoms. The van der Waals surface area contributed by atoms with Crippen LogP contribution in [0.5, 0.6) is 0 Å². The van der Waals surface area contributed by atoms with E-state index in [1.165, 1.54) is 0 Å². The van der Waals surface area contributed by atoms with Gasteiger partial charge >= 0.3 is 0 Å². The Hall–Kier alpha value is -2.52. The first-order chi connectivity index (χ1) is 15.1. The van der Waals surface area contributed by atoms with Gasteiger partial charge in [0.05, 0.1) is 19.4 Å². The van der Waals surface area contributed by atoms with Crippen LogP contribution in [0.1, 0.15) is 22.3 Å². The molecule has 3 rings (SSSR count). The second-order valence-corrected chi connectivity index (χ2v) is 7.86. The highest BCUT2D eigenvalue weighted by molar-refractivity contribution is 7.80. The van der Waals surface area contributed by atoms with E-state index in [4.69, 9.17) is 28.6 Å². The molecular formula is C22H26ClN5O2S. The summed E-state index contributed by atoms with van der Waals surface area (Å²) in [6.07, 6.45) is 2.65. The zero-order valence-corrected chi connectivity index (χ0v) is 18.7. The minimum Gasteiger partial charge on any atom is -0.379 e. The quantitative estimate of drug-likeness (QED) is 0.244. The standard InChI is InChI=1S/C22H26ClN5O2S/c23-19-7-5-18(6-8-19)21(29)26-20-4-1-3-17(15-20)16-25-27-22(31)24-9-2-10-28-11-13-30-14-12-28/h1,3-8,15-16H,2,9-14H2,(H,26,29)(H2,24,27,31)/b25-16+. The SMILES string of the molecule is O=C(Nc1cccc(/C=N/NC(=S)NCCCN2CCOCC2)c1)c1ccc(Cl)cc1. The zero-order valence-electron chi connectivity index (χ0n) is 17.1. The predicted molar refractivity (Wildman–Crippen MR) is 129 cm³/mol. The summed E-state index contributed by atoms with van der Waals surface area (Å²) in [7, 11) is 0. The molecule has 31 heavy (non-hydrogen) atoms. The van der Waals surface area contributed by atoms with Gasteiger partial charge in [-0.25, -0.2) is 0 Å². The van der Waals surface area contributed by atoms with Gasteiger partial charge in [-0.05, 0) is 67.1 Å². The van der Waals surface area contributed by atoms with Crippen molar-refractivity contribution in [3.63, 3.8) is 0 Å². The van der Waals surface area contributed by atoms with Gasteiger partial charge < -0.3 is 15.4 Å². The third-order valence-electron chi connectivity index (χ3n) is 4.67. The van der Waals surface area contributed by atoms with E-state index < -0.39 is 0 Å². The fourth-order valence-corrected chi connectivity index (χ4v) is 3.32. The zero-order chi connectivity index (χ0) is 21.9. The van der Waals surface area contributed by atoms with E-state index in [0.717, 1.165) is 51.4 Å². The number of carbonyl (C=O) groups excluding carboxylic acids is 1. The van der Waals surface area contributed by atoms with Crippen LogP contribution < -0.4 is 16.1 Å². The number of nitrogens with zero attached hydrogens (tertiary/aromatic N) is 2. The molecular weight excluding hydrogens is 434 g/mol. The number of anilines is 1. The van der Waals surface area contributed by atoms with E-state index in [1.54, 1.807) is 30.5 Å². The Bertz CT molecular complexity index is 901. The van der Waals surface area contributed by atoms with Gasteiger partial charge in [-0.1, -0.05) is 23.7 Å². The molecule has 0 atom stereocenters. The summed E-state index contributed by atoms with van der Waals surface area (Å²) in [6.45, 7) is 5.42. The number of benzene rings is 2. The van der Waals surface area contributed by atoms with Gasteiger partial charge in [0.25, 0.3) is 5.91 Å². The van der Waals surface area contributed by atoms with Crippen LogP contribution in [0, 0.1) is 0 Å². The Labute approximate surface area is 192 Å². The molecule has 0 saturated carbocycles. The average Bonchev–Trinajstić information content (AvgIpc) is 2.78. The molecule has 3 N–H and O–H groups in total. The normalized spacial score (nSPS) is 14.4. The van der Waals surface area contributed by atoms with Crippen LogP contribution in [-0.4, -0.2) is 61.5 Å². The van der Waals surface area contributed by atoms with Crippen molar-refractivity contribution in [2.75, 3.05) is 44.7 Å². The van der Waals surface area contributed by atoms with Crippen molar-refractivity contribution < 1.29 is 9.53 Å². The van der Waals surface area contributed by atoms with Crippen LogP contribution in [0.25, 0.3) is 0 Å². The Morgan fingerprint density at radius 1 is 1.19 bits per heavy atom. The number of hydrogen-bond acceptors (Lipinski definition) is 5. The number of morpholine rings is 1. The van der Waals surface area contributed by atoms with E-state index >= 15 is 0 Å². The number of carbonyl (C=O) groups is 1. The summed E-state index contributed by atoms with van der Waals surface area (Å²) >= 11 is 11.1. The molecule has 7 nitrogen and oxygen atoms in total. The molecule has 2 aromatic carbocycles. The van der Waals surface area contributed by atoms with Crippen molar-refractivity contribution in [1.82, 2.24) is 15.6 Å². The van der Waals surface area contributed by atoms with Gasteiger partial charge in [0.15, 0.2) is 5.11 Å². The van der Waals surface area contributed by atoms with Crippen molar-refractivity contribution in [2.24, 2.45) is 5.10 Å². The topological polar surface area (TPSA) is 78.0 Å². The lowest BCUT2D eigenvalue weighted by molar-refractivity contribution is 0.0376. The van der Waals surface area contributed by atoms with E-state index in [0.29, 0.717) is 21.4 Å². The molecule has 2 aromatic rings. The highest BCUT2D eigenvalue weighted by atomic mass is 35.5. The lowest BCUT2D eigenvalue weighted by Crippen LogP contribution is -2.39. The van der Waals surface area contributed by atoms with Gasteiger partial charge in [0, 0.05) is 35.9 Å². The summed E-state index contributed by atoms with van der Waals surface area (Å²) in [5.41, 5.74) is 4.86. The maximum Gasteiger partial charge on any atom is 0.255 e. The second-order valence-electron chi connectivity index (χ2n) is 7.02. The molecule has 9 heteroatoms. The highest BCUT2D eigenvalue weighted by Crippen LogP contribution is 2.13. The molecule has 1 aliphatic rings. The molecule has 0 unspecified atom stereocenters. The van der Waals surface area contributed by atoms with Gasteiger partial charge in [-0.15, -0.1) is 0 Å². The summed E-state index contributed by atoms with van der Waals surface area (Å²) in [5.74, 6) is -0.202. The van der Waals surface area contributed by atoms with E-state index in [9.17, 15) is 4.79 Å². The molecule has 1 fully saturated rings. The fraction of sp³-hybridized carbons (Fsp3) is 0.318. The molecule has 0 bridgehead atoms. The van der Waals surface area contributed by atoms with Crippen LogP contribution in [0.15, 0.2) is 53.6 Å². The number of rotatable bonds is 8. The molecule has 164 valence electrons. The van der Waals surface area contributed by atoms with Crippen molar-refractivity contribution >= 4 is 46.7 Å². The largest absolute Gasteiger partial charge is 0.379 e. The molecule has 1 aliphatic heterocycles. The minimum atomic E-state index is -0.202. The third-order valence-corrected chi connectivity index (χ3v) is 5.16. The third kappa shape index (κ3) is 8.26. The van der Waals surface area contributed by atoms with Gasteiger partial charge in [-0.2, -0.15) is 5.10 Å². The first-order valence-electron chi connectivity index (χ1n) is 10.1. The average molecular weight is 460 g/mol. The van der Waals surface area contributed by atoms with Gasteiger partial charge in [0.2, 0.25) is 0 Å². The molecule has 1 heterocycles. The number of halogens is 1. The Morgan fingerprint density at radius 2 is 1.97 bits per heavy atom. The number of nitrogens with one attached hydrogen (secondary N) is 3. The molecule has 1 amide bonds. The highest BCUT2D eigenvalue weighted by Gasteiger charge is 2.09. The van der Waals surface area contributed by atoms with Crippen molar-refractivity contribution in [3.05, 3.63) is 64.7 Å². The van der Waals surface area contributed by atoms with Gasteiger partial charge in [-0.3, -0.25) is 15.1 Å². The number of ether oxygens (including phenoxy) is 1. The number of amides is 1. The van der Waals surface area contributed by atoms with Crippen molar-refractivity contribution in [1.29, 1.82) is 0 Å². The molecule has 0 aliphatic carbocycles. The predicted octanol–water partition coefficient (Wildman–Crippen LogP) is 3.11. The van der Waals surface area contributed by atoms with E-state index in [2.05, 4.69) is 26.1 Å². The monoisotopic (exact) mass is 459 g/mol. The van der Waals surface area contributed by atoms with Crippen LogP contribution in [0.2, 0.25) is 5.02 Å². The lowest BCUT2D eigenvalue weighted by atomic mass is 10.2. The minimum absolute atomic E-state index is 0.202. The maximum atomic E-state index is 12.3. The summed E-state index contributed by atoms with van der Waals surface area (Å²) in [5, 5.41) is 11.2. The van der Waals surface area contributed by atoms with E-state index in [-0.39, 0.29) is 5.91 Å². The van der Waals surface area contributed by atoms with Crippen LogP contribution >= 0.6 is 23.8 Å². The molecule has 0 aromatic heterocycles. The Balaban J connectivity index is 1.39. The summed E-state index contributed by atoms with van der Waals surface area (Å²) < 4.78 is 5.35. The van der Waals surface area contributed by atoms with Crippen molar-refractivity contribution in [2.45, 2.75) is 6.42 Å². The fourth-order valence-electron chi connectivity index (χ4n) is 3.04. The number of hydrazone groups is 1. The van der Waals surface area contributed by atoms with Crippen LogP contribution in [0.3, 0.4) is 0 Å². The molecule has 0 radical (unpaired) electrons. The molecule has 1 saturated heterocycles. The smallest absolute Gasteiger partial charge is 0.255 e. The number of hydrogen-bond donors (Lipinski definition) is 3. The van der Waals surface area contributed by atoms with Crippen LogP contribution in [0.4, 0.5) is 5.69 Å². The van der Waals surface area contributed by atoms with E-state index in [1.807, 2.05) is 24.3 Å². The lowest BCUT2D eigenvalue weighted by Gasteiger charge is -2.26. The van der Waals surface area contributed by atoms with Crippen LogP contribution in [-0.2, 0) is 4.74 Å². The second kappa shape index (κ2) is 12.4. The van der Waals surface area contributed by atoms with Gasteiger partial charge in [0.1, 0.15) is 0 Å². The Morgan fingerprint density at radius 3 is 2.74 bits per heavy atom. The summed E-state index contributed by atoms with van der Waals surface area (Å²) in [6, 6.07) is 14.1. The van der Waals surface area contributed by atoms with Crippen molar-refractivity contribution in [3.8, 4) is 0 Å². The first kappa shape index (κ1) is 23.1. The number of thiocarbonyl (C=S) groups is 1. The Kier molecular flexibility index (Phi) is 9.23. The maximum absolute atomic E-state index is 12.3.